The van der Waals surface area contributed by atoms with E-state index in [1.165, 1.54) is 0 Å². The van der Waals surface area contributed by atoms with Crippen LogP contribution in [0.3, 0.4) is 0 Å². The molecule has 0 fully saturated rings. The van der Waals surface area contributed by atoms with E-state index >= 15 is 0 Å². The number of amides is 1. The minimum atomic E-state index is -0.587. The van der Waals surface area contributed by atoms with Crippen molar-refractivity contribution in [1.82, 2.24) is 20.6 Å². The quantitative estimate of drug-likeness (QED) is 0.496. The smallest absolute Gasteiger partial charge is 0.241 e. The fourth-order valence-electron chi connectivity index (χ4n) is 3.37. The molecule has 2 N–H and O–H groups in total. The van der Waals surface area contributed by atoms with E-state index in [9.17, 15) is 4.79 Å². The Morgan fingerprint density at radius 1 is 0.903 bits per heavy atom. The molecule has 0 aliphatic rings. The van der Waals surface area contributed by atoms with Crippen LogP contribution in [-0.4, -0.2) is 43.2 Å². The predicted molar refractivity (Wildman–Crippen MR) is 119 cm³/mol. The van der Waals surface area contributed by atoms with Gasteiger partial charge in [0, 0.05) is 43.4 Å². The van der Waals surface area contributed by atoms with Crippen molar-refractivity contribution in [2.45, 2.75) is 18.9 Å². The maximum Gasteiger partial charge on any atom is 0.241 e. The number of benzene rings is 1. The Kier molecular flexibility index (Phi) is 8.37. The highest BCUT2D eigenvalue weighted by atomic mass is 16.5. The predicted octanol–water partition coefficient (Wildman–Crippen LogP) is 2.73. The molecule has 3 aromatic rings. The van der Waals surface area contributed by atoms with Crippen LogP contribution >= 0.6 is 0 Å². The topological polar surface area (TPSA) is 85.4 Å². The van der Waals surface area contributed by atoms with Crippen LogP contribution in [0.25, 0.3) is 0 Å². The van der Waals surface area contributed by atoms with E-state index in [2.05, 4.69) is 20.6 Å². The number of hydrogen-bond acceptors (Lipinski definition) is 6. The molecule has 1 aromatic carbocycles. The normalized spacial score (nSPS) is 11.5. The van der Waals surface area contributed by atoms with Crippen molar-refractivity contribution < 1.29 is 14.3 Å². The molecule has 2 aromatic heterocycles. The van der Waals surface area contributed by atoms with E-state index in [0.29, 0.717) is 31.0 Å². The molecule has 3 rings (SSSR count). The van der Waals surface area contributed by atoms with Crippen LogP contribution in [0.1, 0.15) is 22.7 Å². The number of aromatic nitrogens is 2. The molecule has 0 aliphatic heterocycles. The molecule has 1 atom stereocenters. The fourth-order valence-corrected chi connectivity index (χ4v) is 3.37. The van der Waals surface area contributed by atoms with Gasteiger partial charge in [0.05, 0.1) is 14.2 Å². The van der Waals surface area contributed by atoms with Crippen LogP contribution in [0.5, 0.6) is 11.5 Å². The van der Waals surface area contributed by atoms with Crippen LogP contribution in [-0.2, 0) is 17.6 Å². The van der Waals surface area contributed by atoms with Gasteiger partial charge in [0.2, 0.25) is 5.91 Å². The third-order valence-electron chi connectivity index (χ3n) is 4.93. The Morgan fingerprint density at radius 2 is 1.58 bits per heavy atom. The summed E-state index contributed by atoms with van der Waals surface area (Å²) in [7, 11) is 3.16. The Morgan fingerprint density at radius 3 is 2.16 bits per heavy atom. The molecule has 7 heteroatoms. The van der Waals surface area contributed by atoms with Crippen LogP contribution in [0, 0.1) is 0 Å². The van der Waals surface area contributed by atoms with Gasteiger partial charge in [0.25, 0.3) is 0 Å². The average molecular weight is 421 g/mol. The molecule has 0 bridgehead atoms. The summed E-state index contributed by atoms with van der Waals surface area (Å²) in [5.41, 5.74) is 2.90. The number of methoxy groups -OCH3 is 2. The Labute approximate surface area is 182 Å². The van der Waals surface area contributed by atoms with Gasteiger partial charge in [0.1, 0.15) is 6.04 Å². The number of para-hydroxylation sites is 1. The average Bonchev–Trinajstić information content (AvgIpc) is 2.82. The van der Waals surface area contributed by atoms with Crippen molar-refractivity contribution >= 4 is 5.91 Å². The Balaban J connectivity index is 1.72. The van der Waals surface area contributed by atoms with Gasteiger partial charge < -0.3 is 20.1 Å². The molecule has 1 unspecified atom stereocenters. The van der Waals surface area contributed by atoms with E-state index in [-0.39, 0.29) is 5.91 Å². The zero-order valence-corrected chi connectivity index (χ0v) is 17.9. The first-order valence-electron chi connectivity index (χ1n) is 10.2. The van der Waals surface area contributed by atoms with E-state index in [4.69, 9.17) is 9.47 Å². The van der Waals surface area contributed by atoms with E-state index in [0.717, 1.165) is 23.1 Å². The van der Waals surface area contributed by atoms with Gasteiger partial charge in [-0.3, -0.25) is 14.8 Å². The summed E-state index contributed by atoms with van der Waals surface area (Å²) < 4.78 is 11.0. The molecule has 7 nitrogen and oxygen atoms in total. The van der Waals surface area contributed by atoms with Crippen LogP contribution in [0.15, 0.2) is 67.3 Å². The van der Waals surface area contributed by atoms with Crippen LogP contribution in [0.4, 0.5) is 0 Å². The molecule has 0 saturated heterocycles. The molecule has 162 valence electrons. The lowest BCUT2D eigenvalue weighted by atomic mass is 10.0. The third-order valence-corrected chi connectivity index (χ3v) is 4.93. The molecule has 0 saturated carbocycles. The van der Waals surface area contributed by atoms with Gasteiger partial charge in [-0.2, -0.15) is 0 Å². The second-order valence-electron chi connectivity index (χ2n) is 6.98. The highest BCUT2D eigenvalue weighted by Crippen LogP contribution is 2.34. The maximum atomic E-state index is 13.1. The molecular formula is C24H28N4O3. The molecule has 0 spiro atoms. The number of hydrogen-bond donors (Lipinski definition) is 2. The number of carbonyl (C=O) groups excluding carboxylic acids is 1. The first kappa shape index (κ1) is 22.2. The van der Waals surface area contributed by atoms with Gasteiger partial charge in [-0.25, -0.2) is 0 Å². The standard InChI is InChI=1S/C24H28N4O3/c1-30-21-9-3-8-20(23(21)31-2)22(27-14-10-18-6-4-12-25-16-18)24(29)28-15-11-19-7-5-13-26-17-19/h3-9,12-13,16-17,22,27H,10-11,14-15H2,1-2H3,(H,28,29). The number of nitrogens with one attached hydrogen (secondary N) is 2. The number of ether oxygens (including phenoxy) is 2. The zero-order chi connectivity index (χ0) is 21.9. The second kappa shape index (κ2) is 11.7. The largest absolute Gasteiger partial charge is 0.493 e. The van der Waals surface area contributed by atoms with E-state index < -0.39 is 6.04 Å². The highest BCUT2D eigenvalue weighted by Gasteiger charge is 2.25. The summed E-state index contributed by atoms with van der Waals surface area (Å²) in [5, 5.41) is 6.40. The van der Waals surface area contributed by atoms with Crippen molar-refractivity contribution in [3.05, 3.63) is 83.9 Å². The highest BCUT2D eigenvalue weighted by molar-refractivity contribution is 5.84. The summed E-state index contributed by atoms with van der Waals surface area (Å²) in [4.78, 5) is 21.4. The maximum absolute atomic E-state index is 13.1. The minimum Gasteiger partial charge on any atom is -0.493 e. The summed E-state index contributed by atoms with van der Waals surface area (Å²) >= 11 is 0. The van der Waals surface area contributed by atoms with E-state index in [1.807, 2.05) is 48.7 Å². The molecule has 0 radical (unpaired) electrons. The number of pyridine rings is 2. The first-order valence-corrected chi connectivity index (χ1v) is 10.2. The fraction of sp³-hybridized carbons (Fsp3) is 0.292. The molecule has 31 heavy (non-hydrogen) atoms. The SMILES string of the molecule is COc1cccc(C(NCCc2cccnc2)C(=O)NCCc2cccnc2)c1OC. The number of carbonyl (C=O) groups is 1. The van der Waals surface area contributed by atoms with Gasteiger partial charge >= 0.3 is 0 Å². The lowest BCUT2D eigenvalue weighted by Gasteiger charge is -2.22. The monoisotopic (exact) mass is 420 g/mol. The lowest BCUT2D eigenvalue weighted by Crippen LogP contribution is -2.39. The first-order chi connectivity index (χ1) is 15.2. The summed E-state index contributed by atoms with van der Waals surface area (Å²) in [6.07, 6.45) is 8.57. The van der Waals surface area contributed by atoms with Crippen molar-refractivity contribution in [2.24, 2.45) is 0 Å². The van der Waals surface area contributed by atoms with Crippen LogP contribution in [0.2, 0.25) is 0 Å². The van der Waals surface area contributed by atoms with Crippen molar-refractivity contribution in [3.8, 4) is 11.5 Å². The molecule has 0 aliphatic carbocycles. The van der Waals surface area contributed by atoms with Gasteiger partial charge in [0.15, 0.2) is 11.5 Å². The van der Waals surface area contributed by atoms with Crippen molar-refractivity contribution in [3.63, 3.8) is 0 Å². The zero-order valence-electron chi connectivity index (χ0n) is 17.9. The second-order valence-corrected chi connectivity index (χ2v) is 6.98. The lowest BCUT2D eigenvalue weighted by molar-refractivity contribution is -0.123. The van der Waals surface area contributed by atoms with Crippen molar-refractivity contribution in [2.75, 3.05) is 27.3 Å². The van der Waals surface area contributed by atoms with Gasteiger partial charge in [-0.15, -0.1) is 0 Å². The van der Waals surface area contributed by atoms with Gasteiger partial charge in [-0.05, 0) is 42.2 Å². The third kappa shape index (κ3) is 6.26. The molecule has 2 heterocycles. The summed E-state index contributed by atoms with van der Waals surface area (Å²) in [6.45, 7) is 1.12. The van der Waals surface area contributed by atoms with Crippen molar-refractivity contribution in [1.29, 1.82) is 0 Å². The molecular weight excluding hydrogens is 392 g/mol. The number of nitrogens with zero attached hydrogens (tertiary/aromatic N) is 2. The number of rotatable bonds is 11. The Hall–Kier alpha value is -3.45. The Bertz CT molecular complexity index is 952. The summed E-state index contributed by atoms with van der Waals surface area (Å²) in [6, 6.07) is 12.8. The summed E-state index contributed by atoms with van der Waals surface area (Å²) in [5.74, 6) is 1.01. The van der Waals surface area contributed by atoms with Gasteiger partial charge in [-0.1, -0.05) is 24.3 Å². The minimum absolute atomic E-state index is 0.123. The molecule has 1 amide bonds. The van der Waals surface area contributed by atoms with Crippen LogP contribution < -0.4 is 20.1 Å². The van der Waals surface area contributed by atoms with E-state index in [1.54, 1.807) is 32.8 Å².